The van der Waals surface area contributed by atoms with Gasteiger partial charge in [-0.15, -0.1) is 0 Å². The Morgan fingerprint density at radius 1 is 1.03 bits per heavy atom. The molecule has 4 rings (SSSR count). The van der Waals surface area contributed by atoms with Crippen molar-refractivity contribution in [3.05, 3.63) is 104 Å². The number of aromatic nitrogens is 2. The van der Waals surface area contributed by atoms with Gasteiger partial charge in [0, 0.05) is 6.42 Å². The SMILES string of the molecule is CC[C@]1(COC(=O)c2ccc(C)cc2)O[C@@H](n2cc(F)c(=O)[nH]c2=O)C[C@@H]1OC(=O)c1ccc(C)cc1. The highest BCUT2D eigenvalue weighted by Gasteiger charge is 2.52. The number of nitrogens with zero attached hydrogens (tertiary/aromatic N) is 1. The number of carbonyl (C=O) groups excluding carboxylic acids is 2. The Morgan fingerprint density at radius 2 is 1.59 bits per heavy atom. The van der Waals surface area contributed by atoms with E-state index in [0.717, 1.165) is 21.9 Å². The second kappa shape index (κ2) is 10.5. The average molecular weight is 511 g/mol. The van der Waals surface area contributed by atoms with E-state index in [2.05, 4.69) is 0 Å². The normalized spacial score (nSPS) is 21.0. The molecule has 0 spiro atoms. The Morgan fingerprint density at radius 3 is 2.16 bits per heavy atom. The zero-order chi connectivity index (χ0) is 26.7. The van der Waals surface area contributed by atoms with Crippen molar-refractivity contribution in [1.29, 1.82) is 0 Å². The molecule has 2 heterocycles. The van der Waals surface area contributed by atoms with E-state index >= 15 is 0 Å². The Balaban J connectivity index is 1.63. The zero-order valence-corrected chi connectivity index (χ0v) is 20.7. The molecule has 2 aromatic carbocycles. The Labute approximate surface area is 211 Å². The van der Waals surface area contributed by atoms with Gasteiger partial charge in [0.15, 0.2) is 0 Å². The molecule has 194 valence electrons. The van der Waals surface area contributed by atoms with Crippen LogP contribution in [0, 0.1) is 19.7 Å². The molecule has 0 radical (unpaired) electrons. The van der Waals surface area contributed by atoms with Crippen LogP contribution in [0.5, 0.6) is 0 Å². The first kappa shape index (κ1) is 26.0. The molecule has 9 nitrogen and oxygen atoms in total. The lowest BCUT2D eigenvalue weighted by Gasteiger charge is -2.32. The lowest BCUT2D eigenvalue weighted by atomic mass is 9.94. The zero-order valence-electron chi connectivity index (χ0n) is 20.7. The summed E-state index contributed by atoms with van der Waals surface area (Å²) in [5.41, 5.74) is -0.797. The first-order chi connectivity index (χ1) is 17.6. The van der Waals surface area contributed by atoms with Crippen molar-refractivity contribution < 1.29 is 28.2 Å². The summed E-state index contributed by atoms with van der Waals surface area (Å²) >= 11 is 0. The van der Waals surface area contributed by atoms with Gasteiger partial charge < -0.3 is 14.2 Å². The molecule has 1 fully saturated rings. The smallest absolute Gasteiger partial charge is 0.338 e. The summed E-state index contributed by atoms with van der Waals surface area (Å²) in [7, 11) is 0. The van der Waals surface area contributed by atoms with Crippen LogP contribution < -0.4 is 11.2 Å². The van der Waals surface area contributed by atoms with Gasteiger partial charge in [-0.25, -0.2) is 14.4 Å². The van der Waals surface area contributed by atoms with Gasteiger partial charge in [0.1, 0.15) is 24.5 Å². The van der Waals surface area contributed by atoms with Crippen molar-refractivity contribution in [3.63, 3.8) is 0 Å². The molecule has 1 N–H and O–H groups in total. The van der Waals surface area contributed by atoms with E-state index in [1.165, 1.54) is 0 Å². The average Bonchev–Trinajstić information content (AvgIpc) is 3.23. The van der Waals surface area contributed by atoms with Crippen LogP contribution in [-0.2, 0) is 14.2 Å². The summed E-state index contributed by atoms with van der Waals surface area (Å²) in [6.45, 7) is 5.24. The van der Waals surface area contributed by atoms with Crippen LogP contribution >= 0.6 is 0 Å². The number of aromatic amines is 1. The minimum Gasteiger partial charge on any atom is -0.459 e. The highest BCUT2D eigenvalue weighted by Crippen LogP contribution is 2.41. The molecule has 1 aliphatic rings. The van der Waals surface area contributed by atoms with Gasteiger partial charge >= 0.3 is 17.6 Å². The van der Waals surface area contributed by atoms with Crippen molar-refractivity contribution in [2.24, 2.45) is 0 Å². The number of ether oxygens (including phenoxy) is 3. The van der Waals surface area contributed by atoms with E-state index in [4.69, 9.17) is 14.2 Å². The van der Waals surface area contributed by atoms with Crippen LogP contribution in [0.4, 0.5) is 4.39 Å². The molecule has 37 heavy (non-hydrogen) atoms. The van der Waals surface area contributed by atoms with Gasteiger partial charge in [-0.2, -0.15) is 4.39 Å². The third-order valence-electron chi connectivity index (χ3n) is 6.48. The van der Waals surface area contributed by atoms with Crippen LogP contribution in [0.2, 0.25) is 0 Å². The van der Waals surface area contributed by atoms with E-state index in [0.29, 0.717) is 11.1 Å². The quantitative estimate of drug-likeness (QED) is 0.484. The monoisotopic (exact) mass is 510 g/mol. The van der Waals surface area contributed by atoms with Gasteiger partial charge in [-0.1, -0.05) is 42.3 Å². The molecule has 0 saturated carbocycles. The van der Waals surface area contributed by atoms with Gasteiger partial charge in [0.2, 0.25) is 5.82 Å². The number of nitrogens with one attached hydrogen (secondary N) is 1. The fourth-order valence-corrected chi connectivity index (χ4v) is 4.18. The second-order valence-electron chi connectivity index (χ2n) is 9.07. The number of hydrogen-bond donors (Lipinski definition) is 1. The van der Waals surface area contributed by atoms with Gasteiger partial charge in [-0.05, 0) is 44.5 Å². The largest absolute Gasteiger partial charge is 0.459 e. The summed E-state index contributed by atoms with van der Waals surface area (Å²) in [6.07, 6.45) is -1.11. The number of esters is 2. The second-order valence-corrected chi connectivity index (χ2v) is 9.07. The lowest BCUT2D eigenvalue weighted by Crippen LogP contribution is -2.46. The predicted octanol–water partition coefficient (Wildman–Crippen LogP) is 3.44. The number of aryl methyl sites for hydroxylation is 2. The summed E-state index contributed by atoms with van der Waals surface area (Å²) in [4.78, 5) is 51.5. The highest BCUT2D eigenvalue weighted by atomic mass is 19.1. The van der Waals surface area contributed by atoms with Gasteiger partial charge in [-0.3, -0.25) is 14.3 Å². The van der Waals surface area contributed by atoms with Crippen molar-refractivity contribution >= 4 is 11.9 Å². The van der Waals surface area contributed by atoms with Crippen molar-refractivity contribution in [1.82, 2.24) is 9.55 Å². The van der Waals surface area contributed by atoms with Crippen LogP contribution in [-0.4, -0.2) is 39.8 Å². The van der Waals surface area contributed by atoms with Crippen molar-refractivity contribution in [2.75, 3.05) is 6.61 Å². The van der Waals surface area contributed by atoms with E-state index < -0.39 is 46.9 Å². The third kappa shape index (κ3) is 5.54. The Hall–Kier alpha value is -4.05. The standard InChI is InChI=1S/C27H27FN2O7/c1-4-27(15-35-24(32)18-9-5-16(2)6-10-18)21(36-25(33)19-11-7-17(3)8-12-19)13-22(37-27)30-14-20(28)23(31)29-26(30)34/h5-12,14,21-22H,4,13,15H2,1-3H3,(H,29,31,34)/t21-,22+,27+/m0/s1. The first-order valence-corrected chi connectivity index (χ1v) is 11.8. The number of H-pyrrole nitrogens is 1. The van der Waals surface area contributed by atoms with Crippen molar-refractivity contribution in [2.45, 2.75) is 51.5 Å². The van der Waals surface area contributed by atoms with Gasteiger partial charge in [0.05, 0.1) is 17.3 Å². The molecule has 0 amide bonds. The molecule has 3 atom stereocenters. The summed E-state index contributed by atoms with van der Waals surface area (Å²) < 4.78 is 32.4. The maximum atomic E-state index is 14.0. The molecular weight excluding hydrogens is 483 g/mol. The number of carbonyl (C=O) groups is 2. The highest BCUT2D eigenvalue weighted by molar-refractivity contribution is 5.90. The molecule has 1 aromatic heterocycles. The molecule has 3 aromatic rings. The predicted molar refractivity (Wildman–Crippen MR) is 131 cm³/mol. The van der Waals surface area contributed by atoms with Crippen LogP contribution in [0.25, 0.3) is 0 Å². The van der Waals surface area contributed by atoms with E-state index in [9.17, 15) is 23.6 Å². The molecule has 0 unspecified atom stereocenters. The van der Waals surface area contributed by atoms with E-state index in [-0.39, 0.29) is 19.4 Å². The minimum atomic E-state index is -1.34. The summed E-state index contributed by atoms with van der Waals surface area (Å²) in [5.74, 6) is -2.40. The molecule has 0 aliphatic carbocycles. The molecule has 1 saturated heterocycles. The summed E-state index contributed by atoms with van der Waals surface area (Å²) in [5, 5.41) is 0. The van der Waals surface area contributed by atoms with Crippen LogP contribution in [0.15, 0.2) is 64.3 Å². The lowest BCUT2D eigenvalue weighted by molar-refractivity contribution is -0.134. The number of benzene rings is 2. The maximum Gasteiger partial charge on any atom is 0.338 e. The first-order valence-electron chi connectivity index (χ1n) is 11.8. The van der Waals surface area contributed by atoms with E-state index in [1.54, 1.807) is 55.5 Å². The topological polar surface area (TPSA) is 117 Å². The van der Waals surface area contributed by atoms with Crippen LogP contribution in [0.1, 0.15) is 57.8 Å². The van der Waals surface area contributed by atoms with Crippen molar-refractivity contribution in [3.8, 4) is 0 Å². The van der Waals surface area contributed by atoms with Gasteiger partial charge in [0.25, 0.3) is 5.56 Å². The summed E-state index contributed by atoms with van der Waals surface area (Å²) in [6, 6.07) is 13.6. The molecular formula is C27H27FN2O7. The number of halogens is 1. The molecule has 0 bridgehead atoms. The fraction of sp³-hybridized carbons (Fsp3) is 0.333. The maximum absolute atomic E-state index is 14.0. The Kier molecular flexibility index (Phi) is 7.40. The minimum absolute atomic E-state index is 0.0427. The Bertz CT molecular complexity index is 1410. The number of hydrogen-bond acceptors (Lipinski definition) is 7. The molecule has 1 aliphatic heterocycles. The fourth-order valence-electron chi connectivity index (χ4n) is 4.18. The van der Waals surface area contributed by atoms with E-state index in [1.807, 2.05) is 18.8 Å². The molecule has 10 heteroatoms. The third-order valence-corrected chi connectivity index (χ3v) is 6.48. The number of rotatable bonds is 7. The van der Waals surface area contributed by atoms with Crippen LogP contribution in [0.3, 0.4) is 0 Å².